The molecule has 2 aromatic rings. The third kappa shape index (κ3) is 3.24. The molecule has 1 heterocycles. The lowest BCUT2D eigenvalue weighted by Crippen LogP contribution is -2.17. The Morgan fingerprint density at radius 1 is 1.33 bits per heavy atom. The minimum Gasteiger partial charge on any atom is -0.355 e. The molecule has 0 atom stereocenters. The van der Waals surface area contributed by atoms with Gasteiger partial charge in [-0.05, 0) is 52.2 Å². The Balaban J connectivity index is 2.16. The number of rotatable bonds is 3. The minimum absolute atomic E-state index is 0.765. The van der Waals surface area contributed by atoms with Gasteiger partial charge >= 0.3 is 0 Å². The van der Waals surface area contributed by atoms with Gasteiger partial charge in [0.15, 0.2) is 0 Å². The zero-order valence-corrected chi connectivity index (χ0v) is 12.7. The Labute approximate surface area is 121 Å². The summed E-state index contributed by atoms with van der Waals surface area (Å²) >= 11 is 9.44. The van der Waals surface area contributed by atoms with Crippen LogP contribution in [0.2, 0.25) is 5.02 Å². The van der Waals surface area contributed by atoms with Gasteiger partial charge in [-0.2, -0.15) is 0 Å². The molecule has 18 heavy (non-hydrogen) atoms. The molecule has 94 valence electrons. The van der Waals surface area contributed by atoms with E-state index in [4.69, 9.17) is 11.6 Å². The van der Waals surface area contributed by atoms with E-state index in [-0.39, 0.29) is 0 Å². The molecule has 0 saturated carbocycles. The molecular formula is C14H14BrClN2. The van der Waals surface area contributed by atoms with Crippen molar-refractivity contribution in [3.63, 3.8) is 0 Å². The Morgan fingerprint density at radius 3 is 2.78 bits per heavy atom. The highest BCUT2D eigenvalue weighted by atomic mass is 79.9. The molecule has 0 fully saturated rings. The van der Waals surface area contributed by atoms with Crippen LogP contribution >= 0.6 is 27.5 Å². The molecule has 0 amide bonds. The zero-order valence-electron chi connectivity index (χ0n) is 10.3. The molecule has 0 saturated heterocycles. The first-order chi connectivity index (χ1) is 8.56. The van der Waals surface area contributed by atoms with Gasteiger partial charge in [-0.1, -0.05) is 23.7 Å². The van der Waals surface area contributed by atoms with Crippen LogP contribution < -0.4 is 4.90 Å². The molecule has 2 nitrogen and oxygen atoms in total. The van der Waals surface area contributed by atoms with E-state index in [9.17, 15) is 0 Å². The number of nitrogens with zero attached hydrogens (tertiary/aromatic N) is 2. The van der Waals surface area contributed by atoms with E-state index in [1.54, 1.807) is 0 Å². The highest BCUT2D eigenvalue weighted by molar-refractivity contribution is 9.10. The second-order valence-electron chi connectivity index (χ2n) is 4.28. The summed E-state index contributed by atoms with van der Waals surface area (Å²) in [5, 5.41) is 0.765. The summed E-state index contributed by atoms with van der Waals surface area (Å²) < 4.78 is 1.03. The number of aryl methyl sites for hydroxylation is 1. The van der Waals surface area contributed by atoms with Crippen LogP contribution in [0.15, 0.2) is 41.0 Å². The molecule has 0 aliphatic heterocycles. The first-order valence-corrected chi connectivity index (χ1v) is 6.81. The predicted octanol–water partition coefficient (Wildman–Crippen LogP) is 4.44. The van der Waals surface area contributed by atoms with Crippen molar-refractivity contribution in [2.45, 2.75) is 13.5 Å². The van der Waals surface area contributed by atoms with Crippen molar-refractivity contribution in [3.8, 4) is 0 Å². The lowest BCUT2D eigenvalue weighted by Gasteiger charge is -2.19. The number of pyridine rings is 1. The van der Waals surface area contributed by atoms with E-state index >= 15 is 0 Å². The van der Waals surface area contributed by atoms with Crippen LogP contribution in [0.5, 0.6) is 0 Å². The molecule has 1 aromatic heterocycles. The summed E-state index contributed by atoms with van der Waals surface area (Å²) in [6, 6.07) is 9.95. The first-order valence-electron chi connectivity index (χ1n) is 5.64. The molecule has 0 N–H and O–H groups in total. The van der Waals surface area contributed by atoms with Gasteiger partial charge in [-0.3, -0.25) is 0 Å². The lowest BCUT2D eigenvalue weighted by atomic mass is 10.2. The van der Waals surface area contributed by atoms with E-state index in [0.29, 0.717) is 0 Å². The second-order valence-corrected chi connectivity index (χ2v) is 5.57. The van der Waals surface area contributed by atoms with Crippen LogP contribution in [-0.4, -0.2) is 12.0 Å². The average Bonchev–Trinajstić information content (AvgIpc) is 2.32. The van der Waals surface area contributed by atoms with Gasteiger partial charge in [0.05, 0.1) is 0 Å². The molecular weight excluding hydrogens is 312 g/mol. The number of aromatic nitrogens is 1. The van der Waals surface area contributed by atoms with E-state index < -0.39 is 0 Å². The fraction of sp³-hybridized carbons (Fsp3) is 0.214. The maximum absolute atomic E-state index is 5.98. The van der Waals surface area contributed by atoms with E-state index in [1.807, 2.05) is 31.4 Å². The molecule has 0 spiro atoms. The lowest BCUT2D eigenvalue weighted by molar-refractivity contribution is 0.895. The first kappa shape index (κ1) is 13.4. The van der Waals surface area contributed by atoms with Crippen LogP contribution in [0.4, 0.5) is 5.82 Å². The number of benzene rings is 1. The van der Waals surface area contributed by atoms with Gasteiger partial charge in [0.2, 0.25) is 0 Å². The van der Waals surface area contributed by atoms with Crippen LogP contribution in [0.25, 0.3) is 0 Å². The summed E-state index contributed by atoms with van der Waals surface area (Å²) in [5.74, 6) is 0.954. The maximum atomic E-state index is 5.98. The van der Waals surface area contributed by atoms with Gasteiger partial charge in [0.25, 0.3) is 0 Å². The molecule has 0 aliphatic carbocycles. The van der Waals surface area contributed by atoms with Gasteiger partial charge in [0.1, 0.15) is 5.82 Å². The van der Waals surface area contributed by atoms with Crippen molar-refractivity contribution in [1.82, 2.24) is 4.98 Å². The summed E-state index contributed by atoms with van der Waals surface area (Å²) in [6.07, 6.45) is 1.83. The van der Waals surface area contributed by atoms with E-state index in [2.05, 4.69) is 44.9 Å². The monoisotopic (exact) mass is 324 g/mol. The standard InChI is InChI=1S/C14H14BrClN2/c1-10-6-14(17-8-13(10)15)18(2)9-11-4-3-5-12(16)7-11/h3-8H,9H2,1-2H3. The molecule has 0 aliphatic rings. The minimum atomic E-state index is 0.765. The smallest absolute Gasteiger partial charge is 0.128 e. The van der Waals surface area contributed by atoms with Crippen LogP contribution in [0, 0.1) is 6.92 Å². The molecule has 2 rings (SSSR count). The van der Waals surface area contributed by atoms with Gasteiger partial charge in [-0.15, -0.1) is 0 Å². The van der Waals surface area contributed by atoms with Crippen molar-refractivity contribution < 1.29 is 0 Å². The number of anilines is 1. The van der Waals surface area contributed by atoms with Gasteiger partial charge < -0.3 is 4.90 Å². The summed E-state index contributed by atoms with van der Waals surface area (Å²) in [5.41, 5.74) is 2.35. The Hall–Kier alpha value is -1.06. The summed E-state index contributed by atoms with van der Waals surface area (Å²) in [4.78, 5) is 6.51. The van der Waals surface area contributed by atoms with Crippen molar-refractivity contribution in [2.24, 2.45) is 0 Å². The largest absolute Gasteiger partial charge is 0.355 e. The Kier molecular flexibility index (Phi) is 4.25. The Morgan fingerprint density at radius 2 is 2.11 bits per heavy atom. The predicted molar refractivity (Wildman–Crippen MR) is 80.2 cm³/mol. The zero-order chi connectivity index (χ0) is 13.1. The normalized spacial score (nSPS) is 10.4. The number of hydrogen-bond acceptors (Lipinski definition) is 2. The molecule has 0 bridgehead atoms. The molecule has 1 aromatic carbocycles. The quantitative estimate of drug-likeness (QED) is 0.829. The van der Waals surface area contributed by atoms with Crippen LogP contribution in [0.1, 0.15) is 11.1 Å². The topological polar surface area (TPSA) is 16.1 Å². The number of halogens is 2. The van der Waals surface area contributed by atoms with Crippen molar-refractivity contribution >= 4 is 33.3 Å². The highest BCUT2D eigenvalue weighted by Crippen LogP contribution is 2.21. The molecule has 0 unspecified atom stereocenters. The average molecular weight is 326 g/mol. The fourth-order valence-corrected chi connectivity index (χ4v) is 2.15. The third-order valence-corrected chi connectivity index (χ3v) is 3.80. The van der Waals surface area contributed by atoms with Crippen molar-refractivity contribution in [3.05, 3.63) is 57.2 Å². The second kappa shape index (κ2) is 5.72. The third-order valence-electron chi connectivity index (χ3n) is 2.73. The van der Waals surface area contributed by atoms with Gasteiger partial charge in [-0.25, -0.2) is 4.98 Å². The maximum Gasteiger partial charge on any atom is 0.128 e. The van der Waals surface area contributed by atoms with Gasteiger partial charge in [0, 0.05) is 29.3 Å². The highest BCUT2D eigenvalue weighted by Gasteiger charge is 2.05. The number of hydrogen-bond donors (Lipinski definition) is 0. The summed E-state index contributed by atoms with van der Waals surface area (Å²) in [6.45, 7) is 2.84. The van der Waals surface area contributed by atoms with E-state index in [1.165, 1.54) is 11.1 Å². The van der Waals surface area contributed by atoms with Crippen LogP contribution in [0.3, 0.4) is 0 Å². The van der Waals surface area contributed by atoms with Crippen LogP contribution in [-0.2, 0) is 6.54 Å². The van der Waals surface area contributed by atoms with Crippen molar-refractivity contribution in [2.75, 3.05) is 11.9 Å². The molecule has 0 radical (unpaired) electrons. The molecule has 4 heteroatoms. The van der Waals surface area contributed by atoms with Crippen molar-refractivity contribution in [1.29, 1.82) is 0 Å². The Bertz CT molecular complexity index is 557. The summed E-state index contributed by atoms with van der Waals surface area (Å²) in [7, 11) is 2.02. The SMILES string of the molecule is Cc1cc(N(C)Cc2cccc(Cl)c2)ncc1Br. The van der Waals surface area contributed by atoms with E-state index in [0.717, 1.165) is 21.9 Å². The fourth-order valence-electron chi connectivity index (χ4n) is 1.72.